The second kappa shape index (κ2) is 5.02. The molecule has 0 aromatic heterocycles. The van der Waals surface area contributed by atoms with Crippen molar-refractivity contribution in [1.29, 1.82) is 0 Å². The summed E-state index contributed by atoms with van der Waals surface area (Å²) in [5, 5.41) is 9.44. The maximum absolute atomic E-state index is 12.8. The average molecular weight is 285 g/mol. The van der Waals surface area contributed by atoms with Gasteiger partial charge in [0.05, 0.1) is 11.8 Å². The van der Waals surface area contributed by atoms with E-state index in [0.717, 1.165) is 17.7 Å². The first-order chi connectivity index (χ1) is 9.99. The number of hydrogen-bond donors (Lipinski definition) is 1. The topological polar surface area (TPSA) is 57.6 Å². The zero-order chi connectivity index (χ0) is 15.1. The molecule has 1 N–H and O–H groups in total. The van der Waals surface area contributed by atoms with Crippen LogP contribution in [0.3, 0.4) is 0 Å². The van der Waals surface area contributed by atoms with Crippen molar-refractivity contribution in [3.05, 3.63) is 42.0 Å². The van der Waals surface area contributed by atoms with Crippen LogP contribution in [0.4, 0.5) is 5.69 Å². The maximum Gasteiger partial charge on any atom is 0.307 e. The molecule has 2 aliphatic carbocycles. The Morgan fingerprint density at radius 2 is 1.67 bits per heavy atom. The molecule has 0 radical (unpaired) electrons. The van der Waals surface area contributed by atoms with E-state index in [9.17, 15) is 14.7 Å². The zero-order valence-electron chi connectivity index (χ0n) is 12.2. The molecule has 0 spiro atoms. The van der Waals surface area contributed by atoms with E-state index in [-0.39, 0.29) is 17.7 Å². The van der Waals surface area contributed by atoms with E-state index in [1.165, 1.54) is 0 Å². The third-order valence-corrected chi connectivity index (χ3v) is 4.78. The maximum atomic E-state index is 12.8. The minimum absolute atomic E-state index is 0.00729. The van der Waals surface area contributed by atoms with E-state index >= 15 is 0 Å². The molecule has 1 aromatic carbocycles. The third-order valence-electron chi connectivity index (χ3n) is 4.78. The van der Waals surface area contributed by atoms with Crippen molar-refractivity contribution in [2.24, 2.45) is 23.7 Å². The number of fused-ring (bicyclic) bond motifs is 2. The molecule has 1 saturated carbocycles. The Hall–Kier alpha value is -2.10. The van der Waals surface area contributed by atoms with Gasteiger partial charge >= 0.3 is 5.97 Å². The first-order valence-electron chi connectivity index (χ1n) is 7.24. The number of amides is 1. The largest absolute Gasteiger partial charge is 0.481 e. The normalized spacial score (nSPS) is 29.6. The first kappa shape index (κ1) is 13.9. The Balaban J connectivity index is 1.85. The number of carboxylic acid groups (broad SMARTS) is 1. The standard InChI is InChI=1S/C17H19NO3/c1-10-3-7-13(8-4-10)18(2)16(19)14-11-5-6-12(9-11)15(14)17(20)21/h3-8,11-12,14-15H,9H2,1-2H3,(H,20,21). The molecule has 1 aromatic rings. The molecule has 2 aliphatic rings. The van der Waals surface area contributed by atoms with Crippen molar-refractivity contribution in [3.8, 4) is 0 Å². The summed E-state index contributed by atoms with van der Waals surface area (Å²) in [7, 11) is 1.72. The molecule has 4 unspecified atom stereocenters. The minimum atomic E-state index is -0.859. The number of nitrogens with zero attached hydrogens (tertiary/aromatic N) is 1. The Bertz CT molecular complexity index is 605. The Labute approximate surface area is 124 Å². The van der Waals surface area contributed by atoms with E-state index in [2.05, 4.69) is 0 Å². The molecule has 1 fully saturated rings. The number of carbonyl (C=O) groups is 2. The van der Waals surface area contributed by atoms with Gasteiger partial charge in [0.2, 0.25) is 5.91 Å². The minimum Gasteiger partial charge on any atom is -0.481 e. The van der Waals surface area contributed by atoms with Crippen molar-refractivity contribution in [3.63, 3.8) is 0 Å². The summed E-state index contributed by atoms with van der Waals surface area (Å²) < 4.78 is 0. The number of allylic oxidation sites excluding steroid dienone is 2. The lowest BCUT2D eigenvalue weighted by atomic mass is 9.82. The molecule has 110 valence electrons. The van der Waals surface area contributed by atoms with Gasteiger partial charge in [0.15, 0.2) is 0 Å². The number of carboxylic acids is 1. The second-order valence-corrected chi connectivity index (χ2v) is 6.07. The van der Waals surface area contributed by atoms with Crippen molar-refractivity contribution in [1.82, 2.24) is 0 Å². The smallest absolute Gasteiger partial charge is 0.307 e. The number of rotatable bonds is 3. The first-order valence-corrected chi connectivity index (χ1v) is 7.24. The van der Waals surface area contributed by atoms with Gasteiger partial charge in [-0.15, -0.1) is 0 Å². The number of carbonyl (C=O) groups excluding carboxylic acids is 1. The van der Waals surface area contributed by atoms with E-state index in [1.807, 2.05) is 43.3 Å². The molecule has 0 heterocycles. The molecule has 1 amide bonds. The molecule has 4 heteroatoms. The SMILES string of the molecule is Cc1ccc(N(C)C(=O)C2C3C=CC(C3)C2C(=O)O)cc1. The van der Waals surface area contributed by atoms with Crippen molar-refractivity contribution in [2.45, 2.75) is 13.3 Å². The number of aryl methyl sites for hydroxylation is 1. The fraction of sp³-hybridized carbons (Fsp3) is 0.412. The van der Waals surface area contributed by atoms with Gasteiger partial charge in [-0.1, -0.05) is 29.8 Å². The van der Waals surface area contributed by atoms with E-state index in [4.69, 9.17) is 0 Å². The van der Waals surface area contributed by atoms with Crippen LogP contribution in [0, 0.1) is 30.6 Å². The second-order valence-electron chi connectivity index (χ2n) is 6.07. The number of benzene rings is 1. The van der Waals surface area contributed by atoms with Gasteiger partial charge in [-0.25, -0.2) is 0 Å². The van der Waals surface area contributed by atoms with Gasteiger partial charge in [0.1, 0.15) is 0 Å². The molecule has 0 saturated heterocycles. The van der Waals surface area contributed by atoms with Gasteiger partial charge in [0, 0.05) is 12.7 Å². The lowest BCUT2D eigenvalue weighted by Crippen LogP contribution is -2.41. The van der Waals surface area contributed by atoms with E-state index < -0.39 is 17.8 Å². The van der Waals surface area contributed by atoms with Gasteiger partial charge in [-0.2, -0.15) is 0 Å². The highest BCUT2D eigenvalue weighted by Gasteiger charge is 2.52. The van der Waals surface area contributed by atoms with Crippen LogP contribution in [0.2, 0.25) is 0 Å². The summed E-state index contributed by atoms with van der Waals surface area (Å²) in [5.41, 5.74) is 1.94. The quantitative estimate of drug-likeness (QED) is 0.868. The molecule has 4 atom stereocenters. The average Bonchev–Trinajstić information content (AvgIpc) is 3.07. The fourth-order valence-electron chi connectivity index (χ4n) is 3.61. The van der Waals surface area contributed by atoms with Crippen LogP contribution in [0.15, 0.2) is 36.4 Å². The van der Waals surface area contributed by atoms with Crippen LogP contribution in [0.1, 0.15) is 12.0 Å². The van der Waals surface area contributed by atoms with E-state index in [1.54, 1.807) is 11.9 Å². The summed E-state index contributed by atoms with van der Waals surface area (Å²) in [5.74, 6) is -1.90. The summed E-state index contributed by atoms with van der Waals surface area (Å²) in [4.78, 5) is 25.9. The van der Waals surface area contributed by atoms with Crippen LogP contribution in [-0.2, 0) is 9.59 Å². The summed E-state index contributed by atoms with van der Waals surface area (Å²) in [6.07, 6.45) is 4.75. The van der Waals surface area contributed by atoms with Crippen molar-refractivity contribution in [2.75, 3.05) is 11.9 Å². The monoisotopic (exact) mass is 285 g/mol. The van der Waals surface area contributed by atoms with E-state index in [0.29, 0.717) is 0 Å². The highest BCUT2D eigenvalue weighted by molar-refractivity contribution is 5.97. The van der Waals surface area contributed by atoms with Gasteiger partial charge in [-0.05, 0) is 37.3 Å². The predicted octanol–water partition coefficient (Wildman–Crippen LogP) is 2.48. The molecular formula is C17H19NO3. The number of hydrogen-bond acceptors (Lipinski definition) is 2. The molecule has 3 rings (SSSR count). The predicted molar refractivity (Wildman–Crippen MR) is 79.9 cm³/mol. The third kappa shape index (κ3) is 2.24. The molecule has 21 heavy (non-hydrogen) atoms. The van der Waals surface area contributed by atoms with Crippen LogP contribution >= 0.6 is 0 Å². The van der Waals surface area contributed by atoms with Crippen LogP contribution in [-0.4, -0.2) is 24.0 Å². The summed E-state index contributed by atoms with van der Waals surface area (Å²) in [6.45, 7) is 1.99. The van der Waals surface area contributed by atoms with Crippen LogP contribution < -0.4 is 4.90 Å². The Morgan fingerprint density at radius 1 is 1.10 bits per heavy atom. The number of anilines is 1. The Kier molecular flexibility index (Phi) is 3.32. The van der Waals surface area contributed by atoms with Crippen molar-refractivity contribution < 1.29 is 14.7 Å². The highest BCUT2D eigenvalue weighted by Crippen LogP contribution is 2.48. The highest BCUT2D eigenvalue weighted by atomic mass is 16.4. The number of aliphatic carboxylic acids is 1. The lowest BCUT2D eigenvalue weighted by molar-refractivity contribution is -0.147. The summed E-state index contributed by atoms with van der Waals surface area (Å²) >= 11 is 0. The Morgan fingerprint density at radius 3 is 2.24 bits per heavy atom. The zero-order valence-corrected chi connectivity index (χ0v) is 12.2. The van der Waals surface area contributed by atoms with Gasteiger partial charge in [0.25, 0.3) is 0 Å². The van der Waals surface area contributed by atoms with Gasteiger partial charge in [-0.3, -0.25) is 9.59 Å². The van der Waals surface area contributed by atoms with Crippen molar-refractivity contribution >= 4 is 17.6 Å². The van der Waals surface area contributed by atoms with Crippen LogP contribution in [0.25, 0.3) is 0 Å². The molecule has 0 aliphatic heterocycles. The summed E-state index contributed by atoms with van der Waals surface area (Å²) in [6, 6.07) is 7.70. The molecule has 4 nitrogen and oxygen atoms in total. The molecular weight excluding hydrogens is 266 g/mol. The lowest BCUT2D eigenvalue weighted by Gasteiger charge is -2.28. The molecule has 2 bridgehead atoms. The van der Waals surface area contributed by atoms with Gasteiger partial charge < -0.3 is 10.0 Å². The fourth-order valence-corrected chi connectivity index (χ4v) is 3.61. The van der Waals surface area contributed by atoms with Crippen LogP contribution in [0.5, 0.6) is 0 Å².